The van der Waals surface area contributed by atoms with Crippen LogP contribution in [-0.2, 0) is 18.4 Å². The van der Waals surface area contributed by atoms with E-state index in [0.717, 1.165) is 38.0 Å². The summed E-state index contributed by atoms with van der Waals surface area (Å²) in [5, 5.41) is 10.4. The molecule has 6 nitrogen and oxygen atoms in total. The Hall–Kier alpha value is -1.60. The van der Waals surface area contributed by atoms with E-state index in [1.165, 1.54) is 5.56 Å². The molecule has 2 heterocycles. The number of nitrogens with one attached hydrogen (secondary N) is 2. The molecule has 1 atom stereocenters. The van der Waals surface area contributed by atoms with Crippen molar-refractivity contribution in [3.63, 3.8) is 0 Å². The summed E-state index contributed by atoms with van der Waals surface area (Å²) in [4.78, 5) is 15.1. The van der Waals surface area contributed by atoms with E-state index in [9.17, 15) is 4.79 Å². The summed E-state index contributed by atoms with van der Waals surface area (Å²) in [5.74, 6) is 0.0250. The van der Waals surface area contributed by atoms with Crippen LogP contribution in [0.1, 0.15) is 30.0 Å². The maximum absolute atomic E-state index is 12.6. The predicted molar refractivity (Wildman–Crippen MR) is 112 cm³/mol. The predicted octanol–water partition coefficient (Wildman–Crippen LogP) is 2.31. The first kappa shape index (κ1) is 23.4. The van der Waals surface area contributed by atoms with Crippen molar-refractivity contribution in [1.29, 1.82) is 0 Å². The van der Waals surface area contributed by atoms with E-state index in [4.69, 9.17) is 0 Å². The molecule has 0 aliphatic carbocycles. The summed E-state index contributed by atoms with van der Waals surface area (Å²) in [6, 6.07) is 10.4. The number of amides is 1. The number of hydrogen-bond acceptors (Lipinski definition) is 4. The summed E-state index contributed by atoms with van der Waals surface area (Å²) < 4.78 is 1.72. The van der Waals surface area contributed by atoms with E-state index < -0.39 is 0 Å². The molecule has 1 fully saturated rings. The molecular formula is C19H29Cl2N5O. The Morgan fingerprint density at radius 3 is 2.44 bits per heavy atom. The molecule has 1 aliphatic rings. The van der Waals surface area contributed by atoms with Gasteiger partial charge in [0.2, 0.25) is 5.91 Å². The van der Waals surface area contributed by atoms with Crippen molar-refractivity contribution in [1.82, 2.24) is 25.3 Å². The number of carbonyl (C=O) groups excluding carboxylic acids is 1. The number of piperidine rings is 1. The highest BCUT2D eigenvalue weighted by Crippen LogP contribution is 2.16. The molecule has 150 valence electrons. The quantitative estimate of drug-likeness (QED) is 0.762. The number of hydrogen-bond donors (Lipinski definition) is 2. The highest BCUT2D eigenvalue weighted by Gasteiger charge is 2.25. The average Bonchev–Trinajstić information content (AvgIpc) is 3.04. The van der Waals surface area contributed by atoms with E-state index in [1.807, 2.05) is 19.3 Å². The molecule has 0 radical (unpaired) electrons. The summed E-state index contributed by atoms with van der Waals surface area (Å²) in [6.45, 7) is 3.00. The molecule has 0 saturated carbocycles. The van der Waals surface area contributed by atoms with Gasteiger partial charge < -0.3 is 10.6 Å². The van der Waals surface area contributed by atoms with Crippen LogP contribution >= 0.6 is 24.8 Å². The Labute approximate surface area is 173 Å². The third-order valence-corrected chi connectivity index (χ3v) is 4.79. The van der Waals surface area contributed by atoms with Crippen molar-refractivity contribution in [3.8, 4) is 0 Å². The largest absolute Gasteiger partial charge is 0.352 e. The van der Waals surface area contributed by atoms with Gasteiger partial charge in [0.1, 0.15) is 6.04 Å². The minimum atomic E-state index is -0.351. The molecular weight excluding hydrogens is 385 g/mol. The second-order valence-corrected chi connectivity index (χ2v) is 6.71. The van der Waals surface area contributed by atoms with Crippen molar-refractivity contribution < 1.29 is 4.79 Å². The first-order valence-corrected chi connectivity index (χ1v) is 8.88. The van der Waals surface area contributed by atoms with Crippen LogP contribution in [-0.4, -0.2) is 46.8 Å². The molecule has 1 aromatic heterocycles. The molecule has 1 saturated heterocycles. The molecule has 1 aliphatic heterocycles. The van der Waals surface area contributed by atoms with E-state index >= 15 is 0 Å². The van der Waals surface area contributed by atoms with Gasteiger partial charge in [-0.3, -0.25) is 14.4 Å². The lowest BCUT2D eigenvalue weighted by molar-refractivity contribution is -0.124. The van der Waals surface area contributed by atoms with Crippen LogP contribution in [0.3, 0.4) is 0 Å². The average molecular weight is 414 g/mol. The number of aryl methyl sites for hydroxylation is 1. The molecule has 1 aromatic carbocycles. The number of rotatable bonds is 6. The van der Waals surface area contributed by atoms with E-state index in [-0.39, 0.29) is 42.8 Å². The number of halogens is 2. The van der Waals surface area contributed by atoms with Crippen molar-refractivity contribution in [3.05, 3.63) is 53.9 Å². The molecule has 27 heavy (non-hydrogen) atoms. The van der Waals surface area contributed by atoms with Crippen molar-refractivity contribution in [2.24, 2.45) is 7.05 Å². The molecule has 1 unspecified atom stereocenters. The minimum absolute atomic E-state index is 0. The van der Waals surface area contributed by atoms with Gasteiger partial charge in [0.25, 0.3) is 0 Å². The normalized spacial score (nSPS) is 16.1. The SMILES string of the molecule is CNC(C(=O)NC1CCN(Cc2ccccc2)CC1)c1cnn(C)c1.Cl.Cl. The summed E-state index contributed by atoms with van der Waals surface area (Å²) >= 11 is 0. The molecule has 0 bridgehead atoms. The molecule has 8 heteroatoms. The van der Waals surface area contributed by atoms with Crippen LogP contribution < -0.4 is 10.6 Å². The van der Waals surface area contributed by atoms with E-state index in [2.05, 4.69) is 44.9 Å². The number of likely N-dealkylation sites (tertiary alicyclic amines) is 1. The van der Waals surface area contributed by atoms with Crippen molar-refractivity contribution in [2.75, 3.05) is 20.1 Å². The maximum atomic E-state index is 12.6. The summed E-state index contributed by atoms with van der Waals surface area (Å²) in [7, 11) is 3.66. The van der Waals surface area contributed by atoms with Gasteiger partial charge in [-0.15, -0.1) is 24.8 Å². The number of nitrogens with zero attached hydrogens (tertiary/aromatic N) is 3. The Bertz CT molecular complexity index is 686. The lowest BCUT2D eigenvalue weighted by atomic mass is 10.0. The summed E-state index contributed by atoms with van der Waals surface area (Å²) in [5.41, 5.74) is 2.24. The number of likely N-dealkylation sites (N-methyl/N-ethyl adjacent to an activating group) is 1. The van der Waals surface area contributed by atoms with Crippen LogP contribution in [0.25, 0.3) is 0 Å². The molecule has 1 amide bonds. The second-order valence-electron chi connectivity index (χ2n) is 6.71. The zero-order valence-corrected chi connectivity index (χ0v) is 17.4. The molecule has 2 aromatic rings. The van der Waals surface area contributed by atoms with Gasteiger partial charge in [0, 0.05) is 44.5 Å². The van der Waals surface area contributed by atoms with Gasteiger partial charge >= 0.3 is 0 Å². The third kappa shape index (κ3) is 6.50. The fourth-order valence-corrected chi connectivity index (χ4v) is 3.40. The fourth-order valence-electron chi connectivity index (χ4n) is 3.40. The standard InChI is InChI=1S/C19H27N5O.2ClH/c1-20-18(16-12-21-23(2)14-16)19(25)22-17-8-10-24(11-9-17)13-15-6-4-3-5-7-15;;/h3-7,12,14,17-18,20H,8-11,13H2,1-2H3,(H,22,25);2*1H. The highest BCUT2D eigenvalue weighted by atomic mass is 35.5. The number of benzene rings is 1. The maximum Gasteiger partial charge on any atom is 0.242 e. The third-order valence-electron chi connectivity index (χ3n) is 4.79. The van der Waals surface area contributed by atoms with Gasteiger partial charge in [0.05, 0.1) is 6.20 Å². The lowest BCUT2D eigenvalue weighted by Gasteiger charge is -2.33. The molecule has 0 spiro atoms. The molecule has 3 rings (SSSR count). The van der Waals surface area contributed by atoms with Crippen molar-refractivity contribution >= 4 is 30.7 Å². The Balaban J connectivity index is 0.00000182. The fraction of sp³-hybridized carbons (Fsp3) is 0.474. The van der Waals surface area contributed by atoms with Gasteiger partial charge in [-0.1, -0.05) is 30.3 Å². The monoisotopic (exact) mass is 413 g/mol. The van der Waals surface area contributed by atoms with Gasteiger partial charge in [-0.05, 0) is 25.5 Å². The highest BCUT2D eigenvalue weighted by molar-refractivity contribution is 5.85. The molecule has 2 N–H and O–H groups in total. The zero-order valence-electron chi connectivity index (χ0n) is 15.8. The van der Waals surface area contributed by atoms with Crippen LogP contribution in [0.2, 0.25) is 0 Å². The van der Waals surface area contributed by atoms with Crippen LogP contribution in [0, 0.1) is 0 Å². The van der Waals surface area contributed by atoms with Gasteiger partial charge in [-0.25, -0.2) is 0 Å². The Kier molecular flexibility index (Phi) is 9.80. The van der Waals surface area contributed by atoms with Crippen LogP contribution in [0.5, 0.6) is 0 Å². The van der Waals surface area contributed by atoms with Gasteiger partial charge in [-0.2, -0.15) is 5.10 Å². The minimum Gasteiger partial charge on any atom is -0.352 e. The van der Waals surface area contributed by atoms with E-state index in [0.29, 0.717) is 0 Å². The van der Waals surface area contributed by atoms with E-state index in [1.54, 1.807) is 17.9 Å². The van der Waals surface area contributed by atoms with Crippen LogP contribution in [0.4, 0.5) is 0 Å². The number of carbonyl (C=O) groups is 1. The first-order valence-electron chi connectivity index (χ1n) is 8.88. The topological polar surface area (TPSA) is 62.2 Å². The Morgan fingerprint density at radius 2 is 1.89 bits per heavy atom. The van der Waals surface area contributed by atoms with Gasteiger partial charge in [0.15, 0.2) is 0 Å². The zero-order chi connectivity index (χ0) is 17.6. The summed E-state index contributed by atoms with van der Waals surface area (Å²) in [6.07, 6.45) is 5.59. The smallest absolute Gasteiger partial charge is 0.242 e. The van der Waals surface area contributed by atoms with Crippen LogP contribution in [0.15, 0.2) is 42.7 Å². The lowest BCUT2D eigenvalue weighted by Crippen LogP contribution is -2.47. The second kappa shape index (κ2) is 11.3. The Morgan fingerprint density at radius 1 is 1.22 bits per heavy atom. The number of aromatic nitrogens is 2. The first-order chi connectivity index (χ1) is 12.2. The van der Waals surface area contributed by atoms with Crippen molar-refractivity contribution in [2.45, 2.75) is 31.5 Å².